The van der Waals surface area contributed by atoms with Gasteiger partial charge >= 0.3 is 0 Å². The number of hydrogen-bond donors (Lipinski definition) is 1. The van der Waals surface area contributed by atoms with Crippen LogP contribution in [0.5, 0.6) is 0 Å². The van der Waals surface area contributed by atoms with Crippen LogP contribution in [0.15, 0.2) is 24.3 Å². The number of carbonyl (C=O) groups is 1. The van der Waals surface area contributed by atoms with Gasteiger partial charge in [-0.25, -0.2) is 0 Å². The number of benzene rings is 1. The number of rotatable bonds is 5. The average molecular weight is 261 g/mol. The standard InChI is InChI=1S/C15H23N3O/c1-17(2)14-5-3-4-13(12-14)15(19)6-9-18-10-7-16-8-11-18/h3-5,12,16H,6-11H2,1-2H3. The summed E-state index contributed by atoms with van der Waals surface area (Å²) in [5.74, 6) is 0.238. The van der Waals surface area contributed by atoms with E-state index in [1.165, 1.54) is 0 Å². The van der Waals surface area contributed by atoms with E-state index in [1.54, 1.807) is 0 Å². The summed E-state index contributed by atoms with van der Waals surface area (Å²) in [5.41, 5.74) is 1.90. The van der Waals surface area contributed by atoms with Gasteiger partial charge in [0.1, 0.15) is 0 Å². The van der Waals surface area contributed by atoms with Gasteiger partial charge in [-0.2, -0.15) is 0 Å². The van der Waals surface area contributed by atoms with Gasteiger partial charge in [0.05, 0.1) is 0 Å². The summed E-state index contributed by atoms with van der Waals surface area (Å²) in [6.45, 7) is 5.03. The van der Waals surface area contributed by atoms with Crippen LogP contribution < -0.4 is 10.2 Å². The lowest BCUT2D eigenvalue weighted by Gasteiger charge is -2.26. The molecule has 1 heterocycles. The molecule has 1 aromatic rings. The van der Waals surface area contributed by atoms with Crippen molar-refractivity contribution < 1.29 is 4.79 Å². The minimum Gasteiger partial charge on any atom is -0.378 e. The fourth-order valence-corrected chi connectivity index (χ4v) is 2.30. The number of ketones is 1. The Hall–Kier alpha value is -1.39. The summed E-state index contributed by atoms with van der Waals surface area (Å²) in [5, 5.41) is 3.32. The number of nitrogens with one attached hydrogen (secondary N) is 1. The van der Waals surface area contributed by atoms with Crippen LogP contribution >= 0.6 is 0 Å². The molecule has 0 saturated carbocycles. The number of nitrogens with zero attached hydrogens (tertiary/aromatic N) is 2. The molecule has 0 radical (unpaired) electrons. The molecule has 0 atom stereocenters. The van der Waals surface area contributed by atoms with E-state index in [0.29, 0.717) is 6.42 Å². The summed E-state index contributed by atoms with van der Waals surface area (Å²) in [7, 11) is 3.98. The largest absolute Gasteiger partial charge is 0.378 e. The van der Waals surface area contributed by atoms with Gasteiger partial charge in [0, 0.05) is 64.5 Å². The second-order valence-electron chi connectivity index (χ2n) is 5.21. The molecular formula is C15H23N3O. The molecule has 0 amide bonds. The van der Waals surface area contributed by atoms with Crippen molar-refractivity contribution in [3.63, 3.8) is 0 Å². The normalized spacial score (nSPS) is 16.3. The third-order valence-corrected chi connectivity index (χ3v) is 3.55. The fourth-order valence-electron chi connectivity index (χ4n) is 2.30. The maximum Gasteiger partial charge on any atom is 0.164 e. The Morgan fingerprint density at radius 1 is 1.32 bits per heavy atom. The Morgan fingerprint density at radius 3 is 2.74 bits per heavy atom. The maximum absolute atomic E-state index is 12.2. The van der Waals surface area contributed by atoms with E-state index in [-0.39, 0.29) is 5.78 Å². The SMILES string of the molecule is CN(C)c1cccc(C(=O)CCN2CCNCC2)c1. The zero-order valence-electron chi connectivity index (χ0n) is 11.9. The van der Waals surface area contributed by atoms with Crippen molar-refractivity contribution in [3.8, 4) is 0 Å². The molecule has 0 aromatic heterocycles. The van der Waals surface area contributed by atoms with Crippen molar-refractivity contribution in [2.24, 2.45) is 0 Å². The van der Waals surface area contributed by atoms with Crippen LogP contribution in [-0.4, -0.2) is 57.5 Å². The molecule has 0 unspecified atom stereocenters. The summed E-state index contributed by atoms with van der Waals surface area (Å²) in [4.78, 5) is 16.6. The predicted octanol–water partition coefficient (Wildman–Crippen LogP) is 1.23. The molecule has 4 heteroatoms. The molecular weight excluding hydrogens is 238 g/mol. The molecule has 0 aliphatic carbocycles. The number of piperazine rings is 1. The Kier molecular flexibility index (Phi) is 4.93. The molecule has 1 aliphatic rings. The van der Waals surface area contributed by atoms with E-state index in [0.717, 1.165) is 44.0 Å². The van der Waals surface area contributed by atoms with Gasteiger partial charge in [-0.1, -0.05) is 12.1 Å². The van der Waals surface area contributed by atoms with Crippen molar-refractivity contribution >= 4 is 11.5 Å². The van der Waals surface area contributed by atoms with Gasteiger partial charge in [0.2, 0.25) is 0 Å². The lowest BCUT2D eigenvalue weighted by atomic mass is 10.1. The van der Waals surface area contributed by atoms with Crippen molar-refractivity contribution in [1.29, 1.82) is 0 Å². The lowest BCUT2D eigenvalue weighted by molar-refractivity contribution is 0.0960. The first-order valence-corrected chi connectivity index (χ1v) is 6.90. The lowest BCUT2D eigenvalue weighted by Crippen LogP contribution is -2.44. The van der Waals surface area contributed by atoms with Crippen LogP contribution in [-0.2, 0) is 0 Å². The van der Waals surface area contributed by atoms with Gasteiger partial charge in [0.25, 0.3) is 0 Å². The molecule has 19 heavy (non-hydrogen) atoms. The molecule has 0 bridgehead atoms. The first-order chi connectivity index (χ1) is 9.16. The van der Waals surface area contributed by atoms with Crippen LogP contribution in [0.1, 0.15) is 16.8 Å². The maximum atomic E-state index is 12.2. The van der Waals surface area contributed by atoms with Crippen LogP contribution in [0.4, 0.5) is 5.69 Å². The van der Waals surface area contributed by atoms with Gasteiger partial charge < -0.3 is 15.1 Å². The van der Waals surface area contributed by atoms with Crippen LogP contribution in [0.25, 0.3) is 0 Å². The first-order valence-electron chi connectivity index (χ1n) is 6.90. The smallest absolute Gasteiger partial charge is 0.164 e. The molecule has 1 aromatic carbocycles. The molecule has 1 aliphatic heterocycles. The summed E-state index contributed by atoms with van der Waals surface area (Å²) in [6, 6.07) is 7.85. The van der Waals surface area contributed by atoms with Crippen LogP contribution in [0.3, 0.4) is 0 Å². The highest BCUT2D eigenvalue weighted by atomic mass is 16.1. The Morgan fingerprint density at radius 2 is 2.05 bits per heavy atom. The van der Waals surface area contributed by atoms with E-state index in [1.807, 2.05) is 43.3 Å². The zero-order valence-corrected chi connectivity index (χ0v) is 11.9. The van der Waals surface area contributed by atoms with Gasteiger partial charge in [-0.15, -0.1) is 0 Å². The highest BCUT2D eigenvalue weighted by molar-refractivity contribution is 5.97. The zero-order chi connectivity index (χ0) is 13.7. The Labute approximate surface area is 115 Å². The van der Waals surface area contributed by atoms with Crippen molar-refractivity contribution in [2.75, 3.05) is 51.7 Å². The van der Waals surface area contributed by atoms with Gasteiger partial charge in [0.15, 0.2) is 5.78 Å². The molecule has 2 rings (SSSR count). The number of anilines is 1. The highest BCUT2D eigenvalue weighted by Gasteiger charge is 2.12. The van der Waals surface area contributed by atoms with E-state index >= 15 is 0 Å². The minimum atomic E-state index is 0.238. The minimum absolute atomic E-state index is 0.238. The Balaban J connectivity index is 1.90. The molecule has 1 fully saturated rings. The van der Waals surface area contributed by atoms with E-state index in [2.05, 4.69) is 10.2 Å². The first kappa shape index (κ1) is 14.0. The second-order valence-corrected chi connectivity index (χ2v) is 5.21. The van der Waals surface area contributed by atoms with Gasteiger partial charge in [-0.3, -0.25) is 4.79 Å². The van der Waals surface area contributed by atoms with Crippen molar-refractivity contribution in [2.45, 2.75) is 6.42 Å². The average Bonchev–Trinajstić information content (AvgIpc) is 2.46. The monoisotopic (exact) mass is 261 g/mol. The Bertz CT molecular complexity index is 425. The van der Waals surface area contributed by atoms with Crippen LogP contribution in [0.2, 0.25) is 0 Å². The third-order valence-electron chi connectivity index (χ3n) is 3.55. The predicted molar refractivity (Wildman–Crippen MR) is 79.0 cm³/mol. The summed E-state index contributed by atoms with van der Waals surface area (Å²) in [6.07, 6.45) is 0.608. The number of carbonyl (C=O) groups excluding carboxylic acids is 1. The topological polar surface area (TPSA) is 35.6 Å². The number of Topliss-reactive ketones (excluding diaryl/α,β-unsaturated/α-hetero) is 1. The fraction of sp³-hybridized carbons (Fsp3) is 0.533. The van der Waals surface area contributed by atoms with Crippen LogP contribution in [0, 0.1) is 0 Å². The quantitative estimate of drug-likeness (QED) is 0.809. The third kappa shape index (κ3) is 4.04. The van der Waals surface area contributed by atoms with E-state index in [4.69, 9.17) is 0 Å². The van der Waals surface area contributed by atoms with Gasteiger partial charge in [-0.05, 0) is 12.1 Å². The second kappa shape index (κ2) is 6.68. The molecule has 104 valence electrons. The summed E-state index contributed by atoms with van der Waals surface area (Å²) < 4.78 is 0. The van der Waals surface area contributed by atoms with Crippen molar-refractivity contribution in [1.82, 2.24) is 10.2 Å². The molecule has 1 saturated heterocycles. The van der Waals surface area contributed by atoms with E-state index < -0.39 is 0 Å². The highest BCUT2D eigenvalue weighted by Crippen LogP contribution is 2.15. The van der Waals surface area contributed by atoms with E-state index in [9.17, 15) is 4.79 Å². The molecule has 4 nitrogen and oxygen atoms in total. The van der Waals surface area contributed by atoms with Crippen molar-refractivity contribution in [3.05, 3.63) is 29.8 Å². The number of hydrogen-bond acceptors (Lipinski definition) is 4. The molecule has 1 N–H and O–H groups in total. The molecule has 0 spiro atoms. The summed E-state index contributed by atoms with van der Waals surface area (Å²) >= 11 is 0.